The van der Waals surface area contributed by atoms with E-state index in [1.807, 2.05) is 6.07 Å². The maximum atomic E-state index is 12.8. The fourth-order valence-corrected chi connectivity index (χ4v) is 4.18. The standard InChI is InChI=1S/C22H23N3O5S/c1-29-19-10-17(11-20(12-19)30-2)15-31(27,28)21-7-5-18(6-8-21)25-22(26)24-14-16-4-3-9-23-13-16/h3-13H,14-15H2,1-2H3,(H2,24,25,26). The quantitative estimate of drug-likeness (QED) is 0.555. The second-order valence-corrected chi connectivity index (χ2v) is 8.66. The van der Waals surface area contributed by atoms with E-state index in [1.54, 1.807) is 48.8 Å². The van der Waals surface area contributed by atoms with Crippen LogP contribution in [-0.2, 0) is 22.1 Å². The predicted octanol–water partition coefficient (Wildman–Crippen LogP) is 3.39. The Morgan fingerprint density at radius 1 is 0.968 bits per heavy atom. The molecule has 0 unspecified atom stereocenters. The van der Waals surface area contributed by atoms with Crippen LogP contribution in [0.2, 0.25) is 0 Å². The lowest BCUT2D eigenvalue weighted by Crippen LogP contribution is -2.28. The maximum Gasteiger partial charge on any atom is 0.319 e. The fraction of sp³-hybridized carbons (Fsp3) is 0.182. The number of pyridine rings is 1. The molecule has 0 fully saturated rings. The smallest absolute Gasteiger partial charge is 0.319 e. The molecule has 3 aromatic rings. The second kappa shape index (κ2) is 9.94. The van der Waals surface area contributed by atoms with Crippen molar-refractivity contribution >= 4 is 21.6 Å². The number of nitrogens with one attached hydrogen (secondary N) is 2. The van der Waals surface area contributed by atoms with E-state index in [0.717, 1.165) is 5.56 Å². The van der Waals surface area contributed by atoms with Crippen LogP contribution in [0.1, 0.15) is 11.1 Å². The SMILES string of the molecule is COc1cc(CS(=O)(=O)c2ccc(NC(=O)NCc3cccnc3)cc2)cc(OC)c1. The summed E-state index contributed by atoms with van der Waals surface area (Å²) < 4.78 is 36.0. The Hall–Kier alpha value is -3.59. The first-order valence-corrected chi connectivity index (χ1v) is 11.0. The molecule has 2 aromatic carbocycles. The molecule has 31 heavy (non-hydrogen) atoms. The Morgan fingerprint density at radius 2 is 1.65 bits per heavy atom. The molecule has 8 nitrogen and oxygen atoms in total. The van der Waals surface area contributed by atoms with E-state index in [-0.39, 0.29) is 10.6 Å². The third-order valence-electron chi connectivity index (χ3n) is 4.42. The molecular formula is C22H23N3O5S. The van der Waals surface area contributed by atoms with E-state index in [0.29, 0.717) is 29.3 Å². The van der Waals surface area contributed by atoms with Crippen LogP contribution in [0.5, 0.6) is 11.5 Å². The number of benzene rings is 2. The summed E-state index contributed by atoms with van der Waals surface area (Å²) in [6.07, 6.45) is 3.32. The van der Waals surface area contributed by atoms with Crippen molar-refractivity contribution in [2.75, 3.05) is 19.5 Å². The summed E-state index contributed by atoms with van der Waals surface area (Å²) >= 11 is 0. The molecule has 0 saturated carbocycles. The number of hydrogen-bond acceptors (Lipinski definition) is 6. The monoisotopic (exact) mass is 441 g/mol. The zero-order valence-electron chi connectivity index (χ0n) is 17.2. The van der Waals surface area contributed by atoms with Gasteiger partial charge in [-0.05, 0) is 53.6 Å². The highest BCUT2D eigenvalue weighted by Gasteiger charge is 2.17. The molecule has 1 heterocycles. The number of ether oxygens (including phenoxy) is 2. The van der Waals surface area contributed by atoms with Crippen LogP contribution < -0.4 is 20.1 Å². The summed E-state index contributed by atoms with van der Waals surface area (Å²) in [5, 5.41) is 5.39. The number of hydrogen-bond donors (Lipinski definition) is 2. The summed E-state index contributed by atoms with van der Waals surface area (Å²) in [5.74, 6) is 0.821. The highest BCUT2D eigenvalue weighted by molar-refractivity contribution is 7.90. The van der Waals surface area contributed by atoms with E-state index in [2.05, 4.69) is 15.6 Å². The van der Waals surface area contributed by atoms with Gasteiger partial charge in [-0.15, -0.1) is 0 Å². The molecule has 2 N–H and O–H groups in total. The summed E-state index contributed by atoms with van der Waals surface area (Å²) in [4.78, 5) is 16.2. The van der Waals surface area contributed by atoms with Gasteiger partial charge in [0.2, 0.25) is 0 Å². The van der Waals surface area contributed by atoms with Gasteiger partial charge < -0.3 is 20.1 Å². The molecule has 0 aliphatic carbocycles. The van der Waals surface area contributed by atoms with Crippen LogP contribution in [0.3, 0.4) is 0 Å². The van der Waals surface area contributed by atoms with Gasteiger partial charge in [-0.2, -0.15) is 0 Å². The molecule has 0 aliphatic heterocycles. The lowest BCUT2D eigenvalue weighted by molar-refractivity contribution is 0.251. The summed E-state index contributed by atoms with van der Waals surface area (Å²) in [6.45, 7) is 0.330. The first-order chi connectivity index (χ1) is 14.9. The Balaban J connectivity index is 1.64. The van der Waals surface area contributed by atoms with E-state index in [1.165, 1.54) is 26.4 Å². The van der Waals surface area contributed by atoms with Crippen LogP contribution in [-0.4, -0.2) is 33.7 Å². The van der Waals surface area contributed by atoms with Gasteiger partial charge in [0.25, 0.3) is 0 Å². The number of methoxy groups -OCH3 is 2. The molecule has 0 saturated heterocycles. The number of rotatable bonds is 8. The molecule has 9 heteroatoms. The Bertz CT molecular complexity index is 1110. The van der Waals surface area contributed by atoms with Crippen molar-refractivity contribution < 1.29 is 22.7 Å². The van der Waals surface area contributed by atoms with Crippen molar-refractivity contribution in [3.63, 3.8) is 0 Å². The third-order valence-corrected chi connectivity index (χ3v) is 6.12. The van der Waals surface area contributed by atoms with Gasteiger partial charge >= 0.3 is 6.03 Å². The molecule has 0 aliphatic rings. The highest BCUT2D eigenvalue weighted by Crippen LogP contribution is 2.26. The summed E-state index contributed by atoms with van der Waals surface area (Å²) in [6, 6.07) is 14.2. The normalized spacial score (nSPS) is 10.9. The first-order valence-electron chi connectivity index (χ1n) is 9.38. The number of urea groups is 1. The maximum absolute atomic E-state index is 12.8. The number of amides is 2. The number of sulfone groups is 1. The first kappa shape index (κ1) is 22.1. The van der Waals surface area contributed by atoms with Gasteiger partial charge in [-0.3, -0.25) is 4.98 Å². The van der Waals surface area contributed by atoms with Gasteiger partial charge in [-0.1, -0.05) is 6.07 Å². The van der Waals surface area contributed by atoms with Crippen LogP contribution in [0, 0.1) is 0 Å². The van der Waals surface area contributed by atoms with Crippen LogP contribution in [0.15, 0.2) is 71.9 Å². The number of aromatic nitrogens is 1. The summed E-state index contributed by atoms with van der Waals surface area (Å²) in [5.41, 5.74) is 1.90. The van der Waals surface area contributed by atoms with Crippen molar-refractivity contribution in [2.24, 2.45) is 0 Å². The molecule has 0 radical (unpaired) electrons. The average molecular weight is 442 g/mol. The summed E-state index contributed by atoms with van der Waals surface area (Å²) in [7, 11) is -0.590. The zero-order chi connectivity index (χ0) is 22.3. The largest absolute Gasteiger partial charge is 0.497 e. The lowest BCUT2D eigenvalue weighted by Gasteiger charge is -2.10. The molecule has 0 atom stereocenters. The van der Waals surface area contributed by atoms with Crippen molar-refractivity contribution in [3.05, 3.63) is 78.1 Å². The van der Waals surface area contributed by atoms with Gasteiger partial charge in [0.1, 0.15) is 11.5 Å². The molecule has 0 spiro atoms. The number of nitrogens with zero attached hydrogens (tertiary/aromatic N) is 1. The van der Waals surface area contributed by atoms with Crippen molar-refractivity contribution in [1.82, 2.24) is 10.3 Å². The van der Waals surface area contributed by atoms with Gasteiger partial charge in [-0.25, -0.2) is 13.2 Å². The van der Waals surface area contributed by atoms with Crippen molar-refractivity contribution in [1.29, 1.82) is 0 Å². The predicted molar refractivity (Wildman–Crippen MR) is 117 cm³/mol. The molecule has 2 amide bonds. The number of anilines is 1. The van der Waals surface area contributed by atoms with Crippen LogP contribution in [0.4, 0.5) is 10.5 Å². The van der Waals surface area contributed by atoms with Crippen LogP contribution >= 0.6 is 0 Å². The highest BCUT2D eigenvalue weighted by atomic mass is 32.2. The van der Waals surface area contributed by atoms with Gasteiger partial charge in [0.05, 0.1) is 24.9 Å². The molecular weight excluding hydrogens is 418 g/mol. The van der Waals surface area contributed by atoms with E-state index in [4.69, 9.17) is 9.47 Å². The Labute approximate surface area is 181 Å². The average Bonchev–Trinajstić information content (AvgIpc) is 2.78. The molecule has 0 bridgehead atoms. The van der Waals surface area contributed by atoms with Crippen molar-refractivity contribution in [2.45, 2.75) is 17.2 Å². The Kier molecular flexibility index (Phi) is 7.09. The van der Waals surface area contributed by atoms with E-state index >= 15 is 0 Å². The van der Waals surface area contributed by atoms with Crippen LogP contribution in [0.25, 0.3) is 0 Å². The zero-order valence-corrected chi connectivity index (χ0v) is 18.0. The minimum atomic E-state index is -3.60. The minimum Gasteiger partial charge on any atom is -0.497 e. The lowest BCUT2D eigenvalue weighted by atomic mass is 10.2. The second-order valence-electron chi connectivity index (χ2n) is 6.67. The minimum absolute atomic E-state index is 0.149. The topological polar surface area (TPSA) is 107 Å². The number of carbonyl (C=O) groups is 1. The molecule has 1 aromatic heterocycles. The number of carbonyl (C=O) groups excluding carboxylic acids is 1. The third kappa shape index (κ3) is 6.19. The van der Waals surface area contributed by atoms with E-state index < -0.39 is 15.9 Å². The van der Waals surface area contributed by atoms with E-state index in [9.17, 15) is 13.2 Å². The van der Waals surface area contributed by atoms with Gasteiger partial charge in [0.15, 0.2) is 9.84 Å². The van der Waals surface area contributed by atoms with Crippen molar-refractivity contribution in [3.8, 4) is 11.5 Å². The fourth-order valence-electron chi connectivity index (χ4n) is 2.86. The Morgan fingerprint density at radius 3 is 2.23 bits per heavy atom. The van der Waals surface area contributed by atoms with Gasteiger partial charge in [0, 0.05) is 30.7 Å². The molecule has 162 valence electrons. The molecule has 3 rings (SSSR count).